The Balaban J connectivity index is 1.89. The van der Waals surface area contributed by atoms with Gasteiger partial charge < -0.3 is 16.4 Å². The molecule has 0 unspecified atom stereocenters. The van der Waals surface area contributed by atoms with Gasteiger partial charge in [0.25, 0.3) is 42.2 Å². The van der Waals surface area contributed by atoms with Crippen LogP contribution in [0.15, 0.2) is 75.4 Å². The number of carbonyl (C=O) groups is 2. The lowest BCUT2D eigenvalue weighted by atomic mass is 10.1. The van der Waals surface area contributed by atoms with Gasteiger partial charge >= 0.3 is 0 Å². The molecular formula is C26H23N3O11S3. The second-order valence-corrected chi connectivity index (χ2v) is 13.6. The molecule has 0 atom stereocenters. The zero-order chi connectivity index (χ0) is 32.1. The summed E-state index contributed by atoms with van der Waals surface area (Å²) >= 11 is 0. The van der Waals surface area contributed by atoms with Crippen LogP contribution in [0.5, 0.6) is 0 Å². The largest absolute Gasteiger partial charge is 0.398 e. The van der Waals surface area contributed by atoms with E-state index in [1.807, 2.05) is 0 Å². The summed E-state index contributed by atoms with van der Waals surface area (Å²) in [5, 5.41) is 3.49. The molecule has 4 aromatic carbocycles. The maximum absolute atomic E-state index is 13.5. The second-order valence-electron chi connectivity index (χ2n) is 9.43. The molecule has 17 heteroatoms. The van der Waals surface area contributed by atoms with Crippen LogP contribution in [0.1, 0.15) is 31.8 Å². The summed E-state index contributed by atoms with van der Waals surface area (Å²) in [6.45, 7) is 3.47. The fraction of sp³-hybridized carbons (Fsp3) is 0.0769. The van der Waals surface area contributed by atoms with Crippen molar-refractivity contribution < 1.29 is 48.5 Å². The minimum atomic E-state index is -5.34. The molecule has 0 radical (unpaired) electrons. The lowest BCUT2D eigenvalue weighted by Gasteiger charge is -2.17. The summed E-state index contributed by atoms with van der Waals surface area (Å²) in [4.78, 5) is 23.2. The molecule has 43 heavy (non-hydrogen) atoms. The first kappa shape index (κ1) is 31.5. The monoisotopic (exact) mass is 649 g/mol. The maximum Gasteiger partial charge on any atom is 0.295 e. The van der Waals surface area contributed by atoms with E-state index >= 15 is 0 Å². The normalized spacial score (nSPS) is 12.2. The van der Waals surface area contributed by atoms with Gasteiger partial charge in [-0.25, -0.2) is 0 Å². The fourth-order valence-corrected chi connectivity index (χ4v) is 6.34. The molecule has 0 fully saturated rings. The Morgan fingerprint density at radius 1 is 0.628 bits per heavy atom. The molecule has 14 nitrogen and oxygen atoms in total. The number of nitrogen functional groups attached to an aromatic ring is 1. The van der Waals surface area contributed by atoms with Crippen molar-refractivity contribution in [3.8, 4) is 0 Å². The number of aryl methyl sites for hydroxylation is 2. The molecule has 226 valence electrons. The lowest BCUT2D eigenvalue weighted by Crippen LogP contribution is -2.20. The highest BCUT2D eigenvalue weighted by Crippen LogP contribution is 2.37. The standard InChI is InChI=1S/C26H23N3O11S3/c1-13-3-5-16(19(27)9-13)25(30)29-21-10-14(2)4-6-17(21)26(31)28-20-7-8-22(42(35,36)37)18-11-15(41(32,33)34)12-23(24(18)20)43(38,39)40/h3-12H,27H2,1-2H3,(H,28,31)(H,29,30)(H,32,33,34)(H,35,36,37)(H,38,39,40). The Bertz CT molecular complexity index is 2180. The predicted octanol–water partition coefficient (Wildman–Crippen LogP) is 3.28. The van der Waals surface area contributed by atoms with E-state index in [9.17, 15) is 48.5 Å². The third kappa shape index (κ3) is 6.66. The molecule has 7 N–H and O–H groups in total. The summed E-state index contributed by atoms with van der Waals surface area (Å²) < 4.78 is 101. The van der Waals surface area contributed by atoms with Gasteiger partial charge in [0.15, 0.2) is 0 Å². The summed E-state index contributed by atoms with van der Waals surface area (Å²) in [5.74, 6) is -1.60. The third-order valence-corrected chi connectivity index (χ3v) is 8.85. The van der Waals surface area contributed by atoms with Crippen molar-refractivity contribution in [3.63, 3.8) is 0 Å². The molecule has 4 aromatic rings. The van der Waals surface area contributed by atoms with E-state index in [0.717, 1.165) is 17.7 Å². The van der Waals surface area contributed by atoms with Gasteiger partial charge in [0, 0.05) is 16.5 Å². The van der Waals surface area contributed by atoms with E-state index in [-0.39, 0.29) is 22.5 Å². The molecular weight excluding hydrogens is 626 g/mol. The topological polar surface area (TPSA) is 247 Å². The van der Waals surface area contributed by atoms with Crippen molar-refractivity contribution >= 4 is 70.0 Å². The van der Waals surface area contributed by atoms with Crippen LogP contribution in [0.3, 0.4) is 0 Å². The van der Waals surface area contributed by atoms with Crippen LogP contribution in [-0.2, 0) is 30.4 Å². The van der Waals surface area contributed by atoms with Gasteiger partial charge in [-0.15, -0.1) is 0 Å². The Morgan fingerprint density at radius 2 is 1.16 bits per heavy atom. The summed E-state index contributed by atoms with van der Waals surface area (Å²) in [6, 6.07) is 11.6. The van der Waals surface area contributed by atoms with Crippen LogP contribution >= 0.6 is 0 Å². The molecule has 0 saturated carbocycles. The molecule has 0 aliphatic carbocycles. The Kier molecular flexibility index (Phi) is 8.09. The molecule has 4 rings (SSSR count). The average Bonchev–Trinajstić information content (AvgIpc) is 2.86. The van der Waals surface area contributed by atoms with Gasteiger partial charge in [-0.3, -0.25) is 23.2 Å². The first-order chi connectivity index (χ1) is 19.8. The highest BCUT2D eigenvalue weighted by Gasteiger charge is 2.27. The zero-order valence-electron chi connectivity index (χ0n) is 22.2. The van der Waals surface area contributed by atoms with Gasteiger partial charge in [0.2, 0.25) is 0 Å². The third-order valence-electron chi connectivity index (χ3n) is 6.23. The highest BCUT2D eigenvalue weighted by molar-refractivity contribution is 7.87. The molecule has 0 heterocycles. The molecule has 0 aliphatic rings. The number of anilines is 3. The number of hydrogen-bond donors (Lipinski definition) is 6. The van der Waals surface area contributed by atoms with Gasteiger partial charge in [0.05, 0.1) is 27.4 Å². The number of amides is 2. The van der Waals surface area contributed by atoms with Gasteiger partial charge in [-0.05, 0) is 73.5 Å². The number of fused-ring (bicyclic) bond motifs is 1. The second kappa shape index (κ2) is 11.0. The van der Waals surface area contributed by atoms with E-state index in [1.165, 1.54) is 24.3 Å². The minimum Gasteiger partial charge on any atom is -0.398 e. The van der Waals surface area contributed by atoms with Crippen molar-refractivity contribution in [2.24, 2.45) is 0 Å². The van der Waals surface area contributed by atoms with Crippen LogP contribution < -0.4 is 16.4 Å². The number of carbonyl (C=O) groups excluding carboxylic acids is 2. The van der Waals surface area contributed by atoms with Crippen LogP contribution in [-0.4, -0.2) is 50.7 Å². The molecule has 0 saturated heterocycles. The quantitative estimate of drug-likeness (QED) is 0.125. The zero-order valence-corrected chi connectivity index (χ0v) is 24.6. The van der Waals surface area contributed by atoms with Crippen molar-refractivity contribution in [2.75, 3.05) is 16.4 Å². The number of rotatable bonds is 7. The first-order valence-electron chi connectivity index (χ1n) is 11.9. The first-order valence-corrected chi connectivity index (χ1v) is 16.2. The predicted molar refractivity (Wildman–Crippen MR) is 156 cm³/mol. The van der Waals surface area contributed by atoms with E-state index in [4.69, 9.17) is 5.73 Å². The van der Waals surface area contributed by atoms with E-state index in [1.54, 1.807) is 26.0 Å². The Labute approximate surface area is 245 Å². The van der Waals surface area contributed by atoms with Crippen LogP contribution in [0.25, 0.3) is 10.8 Å². The van der Waals surface area contributed by atoms with Crippen molar-refractivity contribution in [1.82, 2.24) is 0 Å². The number of nitrogens with one attached hydrogen (secondary N) is 2. The number of nitrogens with two attached hydrogens (primary N) is 1. The Morgan fingerprint density at radius 3 is 1.72 bits per heavy atom. The van der Waals surface area contributed by atoms with Crippen molar-refractivity contribution in [2.45, 2.75) is 28.5 Å². The SMILES string of the molecule is Cc1ccc(C(=O)Nc2cc(C)ccc2C(=O)Nc2ccc(S(=O)(=O)O)c3cc(S(=O)(=O)O)cc(S(=O)(=O)O)c23)c(N)c1. The summed E-state index contributed by atoms with van der Waals surface area (Å²) in [5.41, 5.74) is 7.16. The molecule has 0 aromatic heterocycles. The van der Waals surface area contributed by atoms with E-state index in [2.05, 4.69) is 10.6 Å². The van der Waals surface area contributed by atoms with Crippen molar-refractivity contribution in [3.05, 3.63) is 82.9 Å². The van der Waals surface area contributed by atoms with E-state index in [0.29, 0.717) is 17.7 Å². The maximum atomic E-state index is 13.5. The molecule has 0 spiro atoms. The highest BCUT2D eigenvalue weighted by atomic mass is 32.2. The Hall–Kier alpha value is -4.39. The van der Waals surface area contributed by atoms with Gasteiger partial charge in [-0.1, -0.05) is 12.1 Å². The van der Waals surface area contributed by atoms with Gasteiger partial charge in [-0.2, -0.15) is 25.3 Å². The van der Waals surface area contributed by atoms with Crippen LogP contribution in [0.4, 0.5) is 17.1 Å². The fourth-order valence-electron chi connectivity index (χ4n) is 4.30. The van der Waals surface area contributed by atoms with Gasteiger partial charge in [0.1, 0.15) is 9.79 Å². The molecule has 2 amide bonds. The lowest BCUT2D eigenvalue weighted by molar-refractivity contribution is 0.102. The smallest absolute Gasteiger partial charge is 0.295 e. The van der Waals surface area contributed by atoms with E-state index < -0.39 is 73.3 Å². The van der Waals surface area contributed by atoms with Crippen LogP contribution in [0.2, 0.25) is 0 Å². The summed E-state index contributed by atoms with van der Waals surface area (Å²) in [6.07, 6.45) is 0. The number of hydrogen-bond acceptors (Lipinski definition) is 9. The average molecular weight is 650 g/mol. The van der Waals surface area contributed by atoms with Crippen LogP contribution in [0, 0.1) is 13.8 Å². The minimum absolute atomic E-state index is 0.0185. The molecule has 0 aliphatic heterocycles. The number of benzene rings is 4. The van der Waals surface area contributed by atoms with Crippen molar-refractivity contribution in [1.29, 1.82) is 0 Å². The summed E-state index contributed by atoms with van der Waals surface area (Å²) in [7, 11) is -15.6. The molecule has 0 bridgehead atoms.